The zero-order valence-electron chi connectivity index (χ0n) is 2.20. The molecule has 0 saturated heterocycles. The summed E-state index contributed by atoms with van der Waals surface area (Å²) in [4.78, 5) is 0. The van der Waals surface area contributed by atoms with Gasteiger partial charge < -0.3 is 0 Å². The summed E-state index contributed by atoms with van der Waals surface area (Å²) in [5, 5.41) is 0. The summed E-state index contributed by atoms with van der Waals surface area (Å²) in [5.41, 5.74) is 2.29. The summed E-state index contributed by atoms with van der Waals surface area (Å²) in [6, 6.07) is 0. The van der Waals surface area contributed by atoms with Crippen LogP contribution in [-0.4, -0.2) is 0 Å². The van der Waals surface area contributed by atoms with Crippen LogP contribution in [-0.2, 0) is 8.34 Å². The van der Waals surface area contributed by atoms with Crippen molar-refractivity contribution in [3.63, 3.8) is 0 Å². The Morgan fingerprint density at radius 2 is 1.50 bits per heavy atom. The Morgan fingerprint density at radius 1 is 1.50 bits per heavy atom. The molecule has 0 aliphatic rings. The van der Waals surface area contributed by atoms with E-state index in [9.17, 15) is 0 Å². The molecule has 0 spiro atoms. The summed E-state index contributed by atoms with van der Waals surface area (Å²) < 4.78 is 0. The summed E-state index contributed by atoms with van der Waals surface area (Å²) in [7, 11) is -0.248. The second-order valence-electron chi connectivity index (χ2n) is 0.402. The van der Waals surface area contributed by atoms with Crippen LogP contribution in [0.4, 0.5) is 0 Å². The molecule has 0 aromatic carbocycles. The van der Waals surface area contributed by atoms with E-state index < -0.39 is 0 Å². The third-order valence-electron chi connectivity index (χ3n) is 0. The minimum atomic E-state index is -0.248. The van der Waals surface area contributed by atoms with Gasteiger partial charge in [-0.15, -0.1) is 0 Å². The number of hydrogen-bond acceptors (Lipinski definition) is 0. The fourth-order valence-electron chi connectivity index (χ4n) is 0. The summed E-state index contributed by atoms with van der Waals surface area (Å²) in [6.07, 6.45) is 0. The number of hydrogen-bond donors (Lipinski definition) is 0. The predicted octanol–water partition coefficient (Wildman–Crippen LogP) is 2.35. The van der Waals surface area contributed by atoms with Gasteiger partial charge in [-0.3, -0.25) is 0 Å². The first kappa shape index (κ1) is 6.04. The average Bonchev–Trinajstić information content (AvgIpc) is 0.811. The Morgan fingerprint density at radius 3 is 1.50 bits per heavy atom. The van der Waals surface area contributed by atoms with Crippen molar-refractivity contribution in [2.45, 2.75) is 5.64 Å². The summed E-state index contributed by atoms with van der Waals surface area (Å²) >= 11 is 4.95. The fourth-order valence-corrected chi connectivity index (χ4v) is 0. The van der Waals surface area contributed by atoms with Crippen molar-refractivity contribution in [2.75, 3.05) is 0 Å². The van der Waals surface area contributed by atoms with Crippen LogP contribution in [0, 0.1) is 0 Å². The molecular weight excluding hydrogens is 317 g/mol. The normalized spacial score (nSPS) is 9.00. The molecule has 3 heteroatoms. The van der Waals surface area contributed by atoms with Crippen LogP contribution in [0.1, 0.15) is 0 Å². The van der Waals surface area contributed by atoms with Crippen LogP contribution >= 0.6 is 40.0 Å². The van der Waals surface area contributed by atoms with Crippen LogP contribution in [0.5, 0.6) is 0 Å². The van der Waals surface area contributed by atoms with Gasteiger partial charge in [-0.1, -0.05) is 0 Å². The Hall–Kier alpha value is 2.04. The maximum atomic E-state index is 2.48. The van der Waals surface area contributed by atoms with Crippen LogP contribution < -0.4 is 0 Å². The molecule has 0 aliphatic carbocycles. The van der Waals surface area contributed by atoms with Crippen molar-refractivity contribution < 1.29 is 8.34 Å². The molecule has 0 heterocycles. The zero-order chi connectivity index (χ0) is 3.58. The molecule has 0 unspecified atom stereocenters. The first-order valence-corrected chi connectivity index (χ1v) is 11.2. The molecule has 0 aliphatic heterocycles. The Kier molecular flexibility index (Phi) is 4.90. The van der Waals surface area contributed by atoms with Gasteiger partial charge in [-0.25, -0.2) is 0 Å². The van der Waals surface area contributed by atoms with E-state index in [1.165, 1.54) is 0 Å². The van der Waals surface area contributed by atoms with E-state index in [2.05, 4.69) is 45.6 Å². The van der Waals surface area contributed by atoms with Crippen molar-refractivity contribution >= 4 is 40.0 Å². The monoisotopic (exact) mass is 320 g/mol. The second-order valence-corrected chi connectivity index (χ2v) is 21.2. The van der Waals surface area contributed by atoms with E-state index in [0.29, 0.717) is 0 Å². The molecule has 4 heavy (non-hydrogen) atoms. The van der Waals surface area contributed by atoms with E-state index in [1.54, 1.807) is 0 Å². The van der Waals surface area contributed by atoms with Gasteiger partial charge in [0.05, 0.1) is 0 Å². The van der Waals surface area contributed by atoms with Crippen molar-refractivity contribution in [1.29, 1.82) is 0 Å². The molecule has 0 amide bonds. The zero-order valence-corrected chi connectivity index (χ0v) is 7.91. The fraction of sp³-hybridized carbons (Fsp3) is 1.00. The molecule has 0 N–H and O–H groups in total. The molecule has 26 valence electrons. The Labute approximate surface area is 53.0 Å². The SMILES string of the molecule is [CH3][V]([I])[I]. The van der Waals surface area contributed by atoms with Crippen LogP contribution in [0.15, 0.2) is 0 Å². The van der Waals surface area contributed by atoms with Crippen molar-refractivity contribution in [2.24, 2.45) is 0 Å². The van der Waals surface area contributed by atoms with Gasteiger partial charge in [0, 0.05) is 0 Å². The first-order chi connectivity index (χ1) is 1.73. The number of halogens is 2. The quantitative estimate of drug-likeness (QED) is 0.601. The molecule has 0 aromatic heterocycles. The molecule has 0 aromatic rings. The van der Waals surface area contributed by atoms with Crippen LogP contribution in [0.3, 0.4) is 0 Å². The van der Waals surface area contributed by atoms with E-state index in [0.717, 1.165) is 0 Å². The molecule has 0 rings (SSSR count). The van der Waals surface area contributed by atoms with Crippen LogP contribution in [0.25, 0.3) is 0 Å². The predicted molar refractivity (Wildman–Crippen MR) is 33.9 cm³/mol. The molecular formula is CH3I2V. The van der Waals surface area contributed by atoms with Crippen molar-refractivity contribution in [3.8, 4) is 0 Å². The Balaban J connectivity index is 2.32. The first-order valence-electron chi connectivity index (χ1n) is 0.785. The third-order valence-corrected chi connectivity index (χ3v) is 0. The van der Waals surface area contributed by atoms with Crippen LogP contribution in [0.2, 0.25) is 5.64 Å². The topological polar surface area (TPSA) is 0 Å². The summed E-state index contributed by atoms with van der Waals surface area (Å²) in [6.45, 7) is 0. The Bertz CT molecular complexity index is 10.8. The summed E-state index contributed by atoms with van der Waals surface area (Å²) in [5.74, 6) is 0. The van der Waals surface area contributed by atoms with Crippen molar-refractivity contribution in [3.05, 3.63) is 0 Å². The van der Waals surface area contributed by atoms with E-state index >= 15 is 0 Å². The second kappa shape index (κ2) is 3.24. The van der Waals surface area contributed by atoms with Gasteiger partial charge >= 0.3 is 53.9 Å². The van der Waals surface area contributed by atoms with Gasteiger partial charge in [0.1, 0.15) is 0 Å². The number of rotatable bonds is 0. The molecule has 0 saturated carbocycles. The molecule has 0 fully saturated rings. The van der Waals surface area contributed by atoms with E-state index in [1.807, 2.05) is 0 Å². The average molecular weight is 320 g/mol. The van der Waals surface area contributed by atoms with Crippen molar-refractivity contribution in [1.82, 2.24) is 0 Å². The van der Waals surface area contributed by atoms with E-state index in [-0.39, 0.29) is 8.34 Å². The third kappa shape index (κ3) is 8.97. The minimum absolute atomic E-state index is 0.248. The van der Waals surface area contributed by atoms with E-state index in [4.69, 9.17) is 0 Å². The molecule has 0 nitrogen and oxygen atoms in total. The van der Waals surface area contributed by atoms with Gasteiger partial charge in [-0.2, -0.15) is 0 Å². The van der Waals surface area contributed by atoms with Gasteiger partial charge in [0.2, 0.25) is 0 Å². The standard InChI is InChI=1S/CH3.2HI.V/h1H3;2*1H;/q;;;+2/p-2. The molecule has 0 radical (unpaired) electrons. The van der Waals surface area contributed by atoms with Gasteiger partial charge in [0.25, 0.3) is 0 Å². The van der Waals surface area contributed by atoms with Gasteiger partial charge in [-0.05, 0) is 0 Å². The molecule has 0 atom stereocenters. The maximum absolute atomic E-state index is 2.48. The van der Waals surface area contributed by atoms with Gasteiger partial charge in [0.15, 0.2) is 0 Å². The molecule has 0 bridgehead atoms.